The number of hydrogen-bond donors (Lipinski definition) is 1. The molecule has 0 saturated carbocycles. The summed E-state index contributed by atoms with van der Waals surface area (Å²) in [6.45, 7) is 0.923. The van der Waals surface area contributed by atoms with Crippen molar-refractivity contribution >= 4 is 33.0 Å². The zero-order valence-electron chi connectivity index (χ0n) is 20.4. The van der Waals surface area contributed by atoms with Gasteiger partial charge in [-0.3, -0.25) is 0 Å². The van der Waals surface area contributed by atoms with E-state index in [1.54, 1.807) is 31.3 Å². The smallest absolute Gasteiger partial charge is 0.176 e. The highest BCUT2D eigenvalue weighted by atomic mass is 35.5. The molecule has 0 spiro atoms. The predicted octanol–water partition coefficient (Wildman–Crippen LogP) is 5.58. The number of sulfone groups is 1. The van der Waals surface area contributed by atoms with Gasteiger partial charge in [0.2, 0.25) is 0 Å². The van der Waals surface area contributed by atoms with Crippen molar-refractivity contribution in [2.75, 3.05) is 6.26 Å². The minimum atomic E-state index is -3.92. The van der Waals surface area contributed by atoms with Crippen molar-refractivity contribution in [3.8, 4) is 33.8 Å². The van der Waals surface area contributed by atoms with Crippen molar-refractivity contribution in [3.05, 3.63) is 94.1 Å². The van der Waals surface area contributed by atoms with Gasteiger partial charge in [0.1, 0.15) is 17.3 Å². The van der Waals surface area contributed by atoms with E-state index in [0.29, 0.717) is 27.0 Å². The average molecular weight is 590 g/mol. The zero-order chi connectivity index (χ0) is 28.1. The minimum Gasteiger partial charge on any atom is -0.392 e. The van der Waals surface area contributed by atoms with Crippen LogP contribution in [0.4, 0.5) is 8.78 Å². The fourth-order valence-corrected chi connectivity index (χ4v) is 5.72. The van der Waals surface area contributed by atoms with Crippen molar-refractivity contribution in [2.45, 2.75) is 18.4 Å². The standard InChI is InChI=1S/C26H19Cl2F2N5O3S/c1-14-11-34(13-31-14)26-22(30)6-15(16-5-21(29)19(12-36)25(8-16)39(2,37)38)7-23(26)35-24(10-32-33-35)18-4-3-17(27)9-20(18)28/h3-11,13,36H,12H2,1-2H3. The van der Waals surface area contributed by atoms with E-state index >= 15 is 4.39 Å². The summed E-state index contributed by atoms with van der Waals surface area (Å²) in [5.74, 6) is -1.67. The first kappa shape index (κ1) is 26.9. The highest BCUT2D eigenvalue weighted by Crippen LogP contribution is 2.36. The Kier molecular flexibility index (Phi) is 7.02. The lowest BCUT2D eigenvalue weighted by Crippen LogP contribution is -2.09. The first-order valence-corrected chi connectivity index (χ1v) is 14.0. The lowest BCUT2D eigenvalue weighted by atomic mass is 10.0. The molecule has 0 aliphatic rings. The highest BCUT2D eigenvalue weighted by molar-refractivity contribution is 7.90. The molecule has 0 radical (unpaired) electrons. The monoisotopic (exact) mass is 589 g/mol. The predicted molar refractivity (Wildman–Crippen MR) is 143 cm³/mol. The van der Waals surface area contributed by atoms with E-state index in [-0.39, 0.29) is 28.1 Å². The van der Waals surface area contributed by atoms with E-state index in [1.165, 1.54) is 33.9 Å². The zero-order valence-corrected chi connectivity index (χ0v) is 22.7. The number of aliphatic hydroxyl groups excluding tert-OH is 1. The van der Waals surface area contributed by atoms with Crippen LogP contribution in [-0.2, 0) is 16.4 Å². The molecule has 0 atom stereocenters. The van der Waals surface area contributed by atoms with Crippen LogP contribution in [0.1, 0.15) is 11.3 Å². The van der Waals surface area contributed by atoms with Crippen molar-refractivity contribution in [2.24, 2.45) is 0 Å². The quantitative estimate of drug-likeness (QED) is 0.277. The molecule has 0 bridgehead atoms. The van der Waals surface area contributed by atoms with Crippen molar-refractivity contribution < 1.29 is 22.3 Å². The number of halogens is 4. The van der Waals surface area contributed by atoms with Gasteiger partial charge in [-0.1, -0.05) is 28.4 Å². The summed E-state index contributed by atoms with van der Waals surface area (Å²) < 4.78 is 58.4. The van der Waals surface area contributed by atoms with E-state index in [1.807, 2.05) is 0 Å². The molecule has 8 nitrogen and oxygen atoms in total. The van der Waals surface area contributed by atoms with Crippen LogP contribution in [0.25, 0.3) is 33.8 Å². The Labute approximate surface area is 232 Å². The fraction of sp³-hybridized carbons (Fsp3) is 0.115. The number of benzene rings is 3. The maximum absolute atomic E-state index is 15.9. The SMILES string of the molecule is Cc1cn(-c2c(F)cc(-c3cc(F)c(CO)c(S(C)(=O)=O)c3)cc2-n2nncc2-c2ccc(Cl)cc2Cl)cn1. The molecule has 2 aromatic heterocycles. The Morgan fingerprint density at radius 2 is 1.74 bits per heavy atom. The number of imidazole rings is 1. The lowest BCUT2D eigenvalue weighted by Gasteiger charge is -2.17. The van der Waals surface area contributed by atoms with Crippen LogP contribution in [0, 0.1) is 18.6 Å². The molecule has 0 aliphatic heterocycles. The van der Waals surface area contributed by atoms with E-state index in [9.17, 15) is 17.9 Å². The summed E-state index contributed by atoms with van der Waals surface area (Å²) in [4.78, 5) is 3.79. The third kappa shape index (κ3) is 5.06. The molecule has 0 unspecified atom stereocenters. The van der Waals surface area contributed by atoms with Crippen LogP contribution in [0.5, 0.6) is 0 Å². The molecule has 39 heavy (non-hydrogen) atoms. The summed E-state index contributed by atoms with van der Waals surface area (Å²) in [5, 5.41) is 18.5. The molecule has 5 aromatic rings. The number of aromatic nitrogens is 5. The van der Waals surface area contributed by atoms with Gasteiger partial charge in [0.25, 0.3) is 0 Å². The van der Waals surface area contributed by atoms with Gasteiger partial charge < -0.3 is 9.67 Å². The number of aryl methyl sites for hydroxylation is 1. The first-order chi connectivity index (χ1) is 18.5. The summed E-state index contributed by atoms with van der Waals surface area (Å²) in [7, 11) is -3.92. The third-order valence-corrected chi connectivity index (χ3v) is 7.75. The van der Waals surface area contributed by atoms with Gasteiger partial charge in [-0.15, -0.1) is 5.10 Å². The number of rotatable bonds is 6. The topological polar surface area (TPSA) is 103 Å². The normalized spacial score (nSPS) is 11.8. The maximum atomic E-state index is 15.9. The van der Waals surface area contributed by atoms with Gasteiger partial charge >= 0.3 is 0 Å². The molecule has 200 valence electrons. The molecule has 0 aliphatic carbocycles. The molecule has 0 saturated heterocycles. The van der Waals surface area contributed by atoms with Crippen LogP contribution in [0.2, 0.25) is 10.0 Å². The largest absolute Gasteiger partial charge is 0.392 e. The Balaban J connectivity index is 1.81. The van der Waals surface area contributed by atoms with Crippen LogP contribution >= 0.6 is 23.2 Å². The summed E-state index contributed by atoms with van der Waals surface area (Å²) in [5.41, 5.74) is 1.66. The number of hydrogen-bond acceptors (Lipinski definition) is 6. The van der Waals surface area contributed by atoms with Crippen molar-refractivity contribution in [1.29, 1.82) is 0 Å². The van der Waals surface area contributed by atoms with Gasteiger partial charge in [-0.25, -0.2) is 26.9 Å². The van der Waals surface area contributed by atoms with E-state index < -0.39 is 33.0 Å². The van der Waals surface area contributed by atoms with Gasteiger partial charge in [0, 0.05) is 28.6 Å². The van der Waals surface area contributed by atoms with E-state index in [2.05, 4.69) is 15.3 Å². The third-order valence-electron chi connectivity index (χ3n) is 6.04. The molecule has 5 rings (SSSR count). The van der Waals surface area contributed by atoms with Crippen LogP contribution in [0.15, 0.2) is 66.1 Å². The maximum Gasteiger partial charge on any atom is 0.176 e. The van der Waals surface area contributed by atoms with Crippen LogP contribution in [0.3, 0.4) is 0 Å². The Morgan fingerprint density at radius 1 is 1.03 bits per heavy atom. The molecule has 3 aromatic carbocycles. The average Bonchev–Trinajstić information content (AvgIpc) is 3.51. The summed E-state index contributed by atoms with van der Waals surface area (Å²) in [6, 6.07) is 9.76. The second-order valence-corrected chi connectivity index (χ2v) is 11.6. The summed E-state index contributed by atoms with van der Waals surface area (Å²) in [6.07, 6.45) is 5.39. The van der Waals surface area contributed by atoms with Crippen molar-refractivity contribution in [1.82, 2.24) is 24.5 Å². The van der Waals surface area contributed by atoms with Gasteiger partial charge in [0.05, 0.1) is 46.1 Å². The van der Waals surface area contributed by atoms with Crippen molar-refractivity contribution in [3.63, 3.8) is 0 Å². The van der Waals surface area contributed by atoms with E-state index in [4.69, 9.17) is 23.2 Å². The summed E-state index contributed by atoms with van der Waals surface area (Å²) >= 11 is 12.5. The molecule has 1 N–H and O–H groups in total. The Morgan fingerprint density at radius 3 is 2.38 bits per heavy atom. The molecule has 0 amide bonds. The Hall–Kier alpha value is -3.64. The fourth-order valence-electron chi connectivity index (χ4n) is 4.27. The lowest BCUT2D eigenvalue weighted by molar-refractivity contribution is 0.272. The van der Waals surface area contributed by atoms with E-state index in [0.717, 1.165) is 18.4 Å². The number of aliphatic hydroxyl groups is 1. The second kappa shape index (κ2) is 10.2. The first-order valence-electron chi connectivity index (χ1n) is 11.3. The molecular weight excluding hydrogens is 571 g/mol. The second-order valence-electron chi connectivity index (χ2n) is 8.77. The minimum absolute atomic E-state index is 0.0620. The Bertz CT molecular complexity index is 1850. The number of nitrogens with zero attached hydrogens (tertiary/aromatic N) is 5. The molecule has 13 heteroatoms. The van der Waals surface area contributed by atoms with Gasteiger partial charge in [0.15, 0.2) is 9.84 Å². The molecule has 0 fully saturated rings. The molecular formula is C26H19Cl2F2N5O3S. The van der Waals surface area contributed by atoms with Crippen LogP contribution < -0.4 is 0 Å². The highest BCUT2D eigenvalue weighted by Gasteiger charge is 2.23. The van der Waals surface area contributed by atoms with Gasteiger partial charge in [-0.2, -0.15) is 0 Å². The molecule has 2 heterocycles. The van der Waals surface area contributed by atoms with Gasteiger partial charge in [-0.05, 0) is 60.5 Å². The van der Waals surface area contributed by atoms with Crippen LogP contribution in [-0.4, -0.2) is 44.3 Å².